The van der Waals surface area contributed by atoms with Crippen molar-refractivity contribution in [1.29, 1.82) is 0 Å². The second kappa shape index (κ2) is 8.94. The highest BCUT2D eigenvalue weighted by Crippen LogP contribution is 2.33. The predicted octanol–water partition coefficient (Wildman–Crippen LogP) is 4.26. The summed E-state index contributed by atoms with van der Waals surface area (Å²) in [7, 11) is 0. The molecule has 0 unspecified atom stereocenters. The fourth-order valence-electron chi connectivity index (χ4n) is 4.10. The van der Waals surface area contributed by atoms with Gasteiger partial charge < -0.3 is 24.4 Å². The highest BCUT2D eigenvalue weighted by atomic mass is 16.6. The summed E-state index contributed by atoms with van der Waals surface area (Å²) in [6.45, 7) is 5.25. The van der Waals surface area contributed by atoms with Gasteiger partial charge in [-0.05, 0) is 49.1 Å². The van der Waals surface area contributed by atoms with Crippen LogP contribution in [-0.2, 0) is 4.79 Å². The van der Waals surface area contributed by atoms with Crippen molar-refractivity contribution in [3.8, 4) is 17.2 Å². The van der Waals surface area contributed by atoms with E-state index in [0.717, 1.165) is 35.7 Å². The third-order valence-electron chi connectivity index (χ3n) is 5.96. The summed E-state index contributed by atoms with van der Waals surface area (Å²) in [4.78, 5) is 19.7. The number of pyridine rings is 1. The molecule has 1 saturated heterocycles. The van der Waals surface area contributed by atoms with Crippen LogP contribution in [0.1, 0.15) is 19.8 Å². The Kier molecular flexibility index (Phi) is 5.71. The van der Waals surface area contributed by atoms with Crippen LogP contribution >= 0.6 is 0 Å². The summed E-state index contributed by atoms with van der Waals surface area (Å²) < 4.78 is 17.0. The molecule has 5 rings (SSSR count). The van der Waals surface area contributed by atoms with Gasteiger partial charge in [0.25, 0.3) is 5.91 Å². The molecule has 3 heterocycles. The van der Waals surface area contributed by atoms with Crippen LogP contribution in [0, 0.1) is 5.92 Å². The Bertz CT molecular complexity index is 1130. The monoisotopic (exact) mass is 433 g/mol. The molecule has 32 heavy (non-hydrogen) atoms. The van der Waals surface area contributed by atoms with E-state index in [0.29, 0.717) is 36.1 Å². The van der Waals surface area contributed by atoms with Crippen molar-refractivity contribution in [2.24, 2.45) is 5.92 Å². The first-order valence-electron chi connectivity index (χ1n) is 11.1. The number of fused-ring (bicyclic) bond motifs is 2. The van der Waals surface area contributed by atoms with Crippen molar-refractivity contribution in [2.75, 3.05) is 43.1 Å². The van der Waals surface area contributed by atoms with Gasteiger partial charge in [-0.3, -0.25) is 4.79 Å². The number of amides is 1. The molecule has 0 aliphatic carbocycles. The molecule has 0 saturated carbocycles. The smallest absolute Gasteiger partial charge is 0.262 e. The van der Waals surface area contributed by atoms with Gasteiger partial charge in [-0.25, -0.2) is 4.98 Å². The van der Waals surface area contributed by atoms with E-state index in [4.69, 9.17) is 19.2 Å². The van der Waals surface area contributed by atoms with Crippen molar-refractivity contribution in [3.05, 3.63) is 48.5 Å². The number of aromatic nitrogens is 1. The average Bonchev–Trinajstić information content (AvgIpc) is 2.83. The zero-order chi connectivity index (χ0) is 21.9. The zero-order valence-corrected chi connectivity index (χ0v) is 18.2. The maximum atomic E-state index is 12.5. The molecule has 0 bridgehead atoms. The largest absolute Gasteiger partial charge is 0.486 e. The summed E-state index contributed by atoms with van der Waals surface area (Å²) in [6, 6.07) is 15.3. The summed E-state index contributed by atoms with van der Waals surface area (Å²) in [5.41, 5.74) is 1.41. The zero-order valence-electron chi connectivity index (χ0n) is 18.2. The van der Waals surface area contributed by atoms with Crippen LogP contribution in [0.15, 0.2) is 48.5 Å². The van der Waals surface area contributed by atoms with Crippen LogP contribution in [-0.4, -0.2) is 43.8 Å². The molecule has 7 nitrogen and oxygen atoms in total. The highest BCUT2D eigenvalue weighted by molar-refractivity contribution is 5.93. The van der Waals surface area contributed by atoms with Crippen LogP contribution in [0.3, 0.4) is 0 Å². The lowest BCUT2D eigenvalue weighted by Crippen LogP contribution is -2.33. The second-order valence-corrected chi connectivity index (χ2v) is 8.36. The van der Waals surface area contributed by atoms with E-state index in [9.17, 15) is 4.79 Å². The predicted molar refractivity (Wildman–Crippen MR) is 124 cm³/mol. The number of nitrogens with one attached hydrogen (secondary N) is 1. The molecule has 7 heteroatoms. The lowest BCUT2D eigenvalue weighted by atomic mass is 9.99. The number of carbonyl (C=O) groups is 1. The maximum Gasteiger partial charge on any atom is 0.262 e. The molecule has 3 aromatic rings. The molecule has 0 spiro atoms. The lowest BCUT2D eigenvalue weighted by Gasteiger charge is -2.31. The van der Waals surface area contributed by atoms with E-state index < -0.39 is 0 Å². The van der Waals surface area contributed by atoms with Crippen molar-refractivity contribution >= 4 is 28.3 Å². The molecule has 166 valence electrons. The molecule has 0 radical (unpaired) electrons. The van der Waals surface area contributed by atoms with Crippen molar-refractivity contribution in [1.82, 2.24) is 4.98 Å². The SMILES string of the molecule is CC1CCN(c2ccc3cccc(OCC(=O)Nc4ccc5c(c4)OCCO5)c3n2)CC1. The number of rotatable bonds is 5. The molecule has 1 fully saturated rings. The number of benzene rings is 2. The van der Waals surface area contributed by atoms with Gasteiger partial charge in [-0.2, -0.15) is 0 Å². The summed E-state index contributed by atoms with van der Waals surface area (Å²) >= 11 is 0. The Morgan fingerprint density at radius 3 is 2.75 bits per heavy atom. The molecule has 1 aromatic heterocycles. The van der Waals surface area contributed by atoms with E-state index in [-0.39, 0.29) is 12.5 Å². The number of ether oxygens (including phenoxy) is 3. The standard InChI is InChI=1S/C25H27N3O4/c1-17-9-11-28(12-10-17)23-8-5-18-3-2-4-21(25(18)27-23)32-16-24(29)26-19-6-7-20-22(15-19)31-14-13-30-20/h2-8,15,17H,9-14,16H2,1H3,(H,26,29). The number of anilines is 2. The average molecular weight is 434 g/mol. The maximum absolute atomic E-state index is 12.5. The van der Waals surface area contributed by atoms with Gasteiger partial charge in [-0.15, -0.1) is 0 Å². The lowest BCUT2D eigenvalue weighted by molar-refractivity contribution is -0.118. The van der Waals surface area contributed by atoms with Crippen LogP contribution < -0.4 is 24.4 Å². The first-order chi connectivity index (χ1) is 15.7. The van der Waals surface area contributed by atoms with E-state index in [1.165, 1.54) is 12.8 Å². The third kappa shape index (κ3) is 4.42. The first kappa shape index (κ1) is 20.4. The molecular formula is C25H27N3O4. The third-order valence-corrected chi connectivity index (χ3v) is 5.96. The van der Waals surface area contributed by atoms with Crippen LogP contribution in [0.2, 0.25) is 0 Å². The van der Waals surface area contributed by atoms with Gasteiger partial charge in [0.15, 0.2) is 18.1 Å². The number of piperidine rings is 1. The summed E-state index contributed by atoms with van der Waals surface area (Å²) in [5.74, 6) is 3.39. The number of carbonyl (C=O) groups excluding carboxylic acids is 1. The minimum atomic E-state index is -0.250. The molecule has 0 atom stereocenters. The Balaban J connectivity index is 1.27. The van der Waals surface area contributed by atoms with E-state index in [1.54, 1.807) is 18.2 Å². The van der Waals surface area contributed by atoms with Gasteiger partial charge in [0.2, 0.25) is 0 Å². The van der Waals surface area contributed by atoms with Gasteiger partial charge in [0, 0.05) is 30.2 Å². The fourth-order valence-corrected chi connectivity index (χ4v) is 4.10. The normalized spacial score (nSPS) is 16.1. The highest BCUT2D eigenvalue weighted by Gasteiger charge is 2.18. The molecule has 2 aromatic carbocycles. The van der Waals surface area contributed by atoms with Crippen LogP contribution in [0.25, 0.3) is 10.9 Å². The van der Waals surface area contributed by atoms with Gasteiger partial charge in [0.1, 0.15) is 30.3 Å². The van der Waals surface area contributed by atoms with Gasteiger partial charge >= 0.3 is 0 Å². The second-order valence-electron chi connectivity index (χ2n) is 8.36. The Labute approximate surface area is 187 Å². The first-order valence-corrected chi connectivity index (χ1v) is 11.1. The van der Waals surface area contributed by atoms with Gasteiger partial charge in [0.05, 0.1) is 0 Å². The minimum absolute atomic E-state index is 0.110. The van der Waals surface area contributed by atoms with Crippen LogP contribution in [0.4, 0.5) is 11.5 Å². The van der Waals surface area contributed by atoms with Gasteiger partial charge in [-0.1, -0.05) is 19.1 Å². The Morgan fingerprint density at radius 2 is 1.91 bits per heavy atom. The van der Waals surface area contributed by atoms with Crippen molar-refractivity contribution in [2.45, 2.75) is 19.8 Å². The van der Waals surface area contributed by atoms with Crippen molar-refractivity contribution in [3.63, 3.8) is 0 Å². The molecular weight excluding hydrogens is 406 g/mol. The minimum Gasteiger partial charge on any atom is -0.486 e. The summed E-state index contributed by atoms with van der Waals surface area (Å²) in [5, 5.41) is 3.84. The van der Waals surface area contributed by atoms with E-state index in [2.05, 4.69) is 29.3 Å². The molecule has 1 N–H and O–H groups in total. The Morgan fingerprint density at radius 1 is 1.09 bits per heavy atom. The number of para-hydroxylation sites is 1. The van der Waals surface area contributed by atoms with E-state index >= 15 is 0 Å². The van der Waals surface area contributed by atoms with Crippen LogP contribution in [0.5, 0.6) is 17.2 Å². The fraction of sp³-hybridized carbons (Fsp3) is 0.360. The topological polar surface area (TPSA) is 72.9 Å². The molecule has 2 aliphatic heterocycles. The number of nitrogens with zero attached hydrogens (tertiary/aromatic N) is 2. The molecule has 2 aliphatic rings. The molecule has 1 amide bonds. The number of hydrogen-bond acceptors (Lipinski definition) is 6. The quantitative estimate of drug-likeness (QED) is 0.648. The van der Waals surface area contributed by atoms with E-state index in [1.807, 2.05) is 18.2 Å². The van der Waals surface area contributed by atoms with Crippen molar-refractivity contribution < 1.29 is 19.0 Å². The summed E-state index contributed by atoms with van der Waals surface area (Å²) in [6.07, 6.45) is 2.36. The Hall–Kier alpha value is -3.48. The number of hydrogen-bond donors (Lipinski definition) is 1.